The van der Waals surface area contributed by atoms with Crippen LogP contribution in [-0.2, 0) is 48.5 Å². The maximum atomic E-state index is 14.9. The number of fused-ring (bicyclic) bond motifs is 1. The molecule has 21 nitrogen and oxygen atoms in total. The number of halogens is 2. The predicted molar refractivity (Wildman–Crippen MR) is 346 cm³/mol. The van der Waals surface area contributed by atoms with Gasteiger partial charge in [-0.3, -0.25) is 38.1 Å². The number of likely N-dealkylation sites (tertiary alicyclic amines) is 2. The van der Waals surface area contributed by atoms with E-state index in [0.29, 0.717) is 24.1 Å². The second-order valence-corrected chi connectivity index (χ2v) is 30.0. The number of nitrogens with one attached hydrogen (secondary N) is 4. The third-order valence-electron chi connectivity index (χ3n) is 17.1. The van der Waals surface area contributed by atoms with Crippen molar-refractivity contribution in [2.24, 2.45) is 10.8 Å². The summed E-state index contributed by atoms with van der Waals surface area (Å²) in [5, 5.41) is 22.5. The number of aliphatic hydroxyl groups excluding tert-OH is 1. The molecule has 0 aliphatic carbocycles. The zero-order valence-corrected chi connectivity index (χ0v) is 56.0. The fourth-order valence-corrected chi connectivity index (χ4v) is 14.1. The van der Waals surface area contributed by atoms with Crippen LogP contribution in [0.3, 0.4) is 0 Å². The molecule has 7 amide bonds. The summed E-state index contributed by atoms with van der Waals surface area (Å²) in [7, 11) is -5.86. The van der Waals surface area contributed by atoms with E-state index < -0.39 is 89.9 Å². The van der Waals surface area contributed by atoms with Crippen molar-refractivity contribution in [2.45, 2.75) is 174 Å². The largest absolute Gasteiger partial charge is 0.399 e. The molecule has 26 heteroatoms. The molecule has 5 aromatic rings. The normalized spacial score (nSPS) is 20.0. The number of rotatable bonds is 26. The number of thiophene rings is 1. The lowest BCUT2D eigenvalue weighted by atomic mass is 9.85. The average molecular weight is 1330 g/mol. The van der Waals surface area contributed by atoms with Gasteiger partial charge in [0.15, 0.2) is 0 Å². The molecule has 3 aliphatic heterocycles. The molecule has 0 radical (unpaired) electrons. The number of morpholine rings is 1. The number of carbonyl (C=O) groups excluding carboxylic acids is 7. The molecule has 8 rings (SSSR count). The number of benzene rings is 3. The fraction of sp³-hybridized carbons (Fsp3) is 0.545. The number of hydrogen-bond donors (Lipinski definition) is 7. The van der Waals surface area contributed by atoms with Gasteiger partial charge in [-0.25, -0.2) is 4.98 Å². The summed E-state index contributed by atoms with van der Waals surface area (Å²) in [6.45, 7) is 15.3. The van der Waals surface area contributed by atoms with Crippen LogP contribution in [-0.4, -0.2) is 158 Å². The molecule has 0 spiro atoms. The number of aryl methyl sites for hydroxylation is 1. The Kier molecular flexibility index (Phi) is 23.8. The molecular weight excluding hydrogens is 1250 g/mol. The Morgan fingerprint density at radius 3 is 2.05 bits per heavy atom. The lowest BCUT2D eigenvalue weighted by Crippen LogP contribution is -2.58. The topological polar surface area (TPSA) is 286 Å². The Morgan fingerprint density at radius 2 is 1.41 bits per heavy atom. The molecule has 0 saturated carbocycles. The average Bonchev–Trinajstić information content (AvgIpc) is 1.57. The van der Waals surface area contributed by atoms with E-state index in [1.165, 1.54) is 21.9 Å². The summed E-state index contributed by atoms with van der Waals surface area (Å²) in [5.74, 6) is -3.08. The van der Waals surface area contributed by atoms with Gasteiger partial charge in [0.1, 0.15) is 36.9 Å². The van der Waals surface area contributed by atoms with Gasteiger partial charge in [0, 0.05) is 55.7 Å². The van der Waals surface area contributed by atoms with Gasteiger partial charge in [-0.1, -0.05) is 134 Å². The lowest BCUT2D eigenvalue weighted by molar-refractivity contribution is -0.150. The summed E-state index contributed by atoms with van der Waals surface area (Å²) in [4.78, 5) is 126. The van der Waals surface area contributed by atoms with Crippen molar-refractivity contribution in [3.8, 4) is 10.4 Å². The first kappa shape index (κ1) is 71.3. The summed E-state index contributed by atoms with van der Waals surface area (Å²) in [6, 6.07) is 17.2. The number of carbonyl (C=O) groups is 7. The van der Waals surface area contributed by atoms with E-state index in [-0.39, 0.29) is 98.6 Å². The van der Waals surface area contributed by atoms with Gasteiger partial charge in [0.25, 0.3) is 5.91 Å². The molecule has 3 fully saturated rings. The number of β-amino-alcohol motifs (C(OH)–C–C–N with tert-alkyl or cyclic N) is 1. The monoisotopic (exact) mass is 1330 g/mol. The standard InChI is InChI=1S/C66H87F2N8O13PS2/c1-40(42-22-24-44(25-23-42)56-41(2)70-39-91-56)71-59(80)49-33-47(77)35-75(49)62(83)57(64(3,4)5)72-54(78)21-17-12-10-9-11-13-18-28-69-55(79)38-89-48-34-50(61(82)74-29-30-88-51(37-74)43-19-15-14-16-20-43)76(36-48)63(84)58(65(6,7)8)73-60(81)53-32-45-31-46(26-27-52(45)92-53)66(67,68)90(85,86)87/h14-16,19-20,22-27,31-32,39-40,47-51,57-58,77H,9-13,17-18,21,28-30,33-38H2,1-8H3,(H,69,79)(H,71,80)(H,72,78)(H,73,81)(H2,85,86,87)/t40-,47+,48-,49-,50-,51-,57+,58+/m0/s1. The van der Waals surface area contributed by atoms with Crippen molar-refractivity contribution in [3.63, 3.8) is 0 Å². The number of hydrogen-bond acceptors (Lipinski definition) is 14. The SMILES string of the molecule is Cc1ncsc1-c1ccc([C@H](C)NC(=O)[C@@H]2C[C@@H](O)CN2C(=O)[C@@H](NC(=O)CCCCCCCCCNC(=O)CO[C@H]2C[C@@H](C(=O)N3CCO[C@H](c4ccccc4)C3)N(C(=O)[C@@H](NC(=O)c3cc4cc(C(F)(F)P(=O)(O)O)ccc4s3)C(C)(C)C)C2)C(C)(C)C)cc1. The number of ether oxygens (including phenoxy) is 2. The smallest absolute Gasteiger partial charge is 0.391 e. The highest BCUT2D eigenvalue weighted by atomic mass is 32.1. The Labute approximate surface area is 543 Å². The van der Waals surface area contributed by atoms with E-state index >= 15 is 0 Å². The summed E-state index contributed by atoms with van der Waals surface area (Å²) >= 11 is 2.50. The van der Waals surface area contributed by atoms with Crippen LogP contribution in [0.4, 0.5) is 8.78 Å². The summed E-state index contributed by atoms with van der Waals surface area (Å²) in [6.07, 6.45) is 3.94. The third kappa shape index (κ3) is 18.0. The van der Waals surface area contributed by atoms with Gasteiger partial charge in [-0.15, -0.1) is 22.7 Å². The van der Waals surface area contributed by atoms with Gasteiger partial charge in [-0.05, 0) is 77.8 Å². The maximum absolute atomic E-state index is 14.9. The van der Waals surface area contributed by atoms with E-state index in [1.54, 1.807) is 42.5 Å². The zero-order valence-electron chi connectivity index (χ0n) is 53.5. The van der Waals surface area contributed by atoms with E-state index in [0.717, 1.165) is 82.8 Å². The van der Waals surface area contributed by atoms with Gasteiger partial charge in [-0.2, -0.15) is 8.78 Å². The Balaban J connectivity index is 0.774. The molecule has 92 heavy (non-hydrogen) atoms. The predicted octanol–water partition coefficient (Wildman–Crippen LogP) is 8.90. The van der Waals surface area contributed by atoms with E-state index in [1.807, 2.05) is 89.2 Å². The molecule has 2 aromatic heterocycles. The third-order valence-corrected chi connectivity index (χ3v) is 20.2. The summed E-state index contributed by atoms with van der Waals surface area (Å²) in [5.41, 5.74) is -1.46. The minimum Gasteiger partial charge on any atom is -0.391 e. The number of amides is 7. The lowest BCUT2D eigenvalue weighted by Gasteiger charge is -2.38. The Bertz CT molecular complexity index is 3460. The van der Waals surface area contributed by atoms with Crippen LogP contribution in [0.15, 0.2) is 84.4 Å². The van der Waals surface area contributed by atoms with Crippen molar-refractivity contribution in [1.82, 2.24) is 41.0 Å². The van der Waals surface area contributed by atoms with Crippen LogP contribution < -0.4 is 21.3 Å². The number of unbranched alkanes of at least 4 members (excludes halogenated alkanes) is 6. The molecule has 0 bridgehead atoms. The van der Waals surface area contributed by atoms with Crippen molar-refractivity contribution >= 4 is 81.7 Å². The Morgan fingerprint density at radius 1 is 0.772 bits per heavy atom. The first-order valence-electron chi connectivity index (χ1n) is 31.4. The maximum Gasteiger partial charge on any atom is 0.399 e. The first-order valence-corrected chi connectivity index (χ1v) is 34.7. The molecular formula is C66H87F2N8O13PS2. The number of aromatic nitrogens is 1. The second kappa shape index (κ2) is 30.7. The van der Waals surface area contributed by atoms with Crippen LogP contribution in [0.2, 0.25) is 0 Å². The molecule has 3 aliphatic rings. The first-order chi connectivity index (χ1) is 43.4. The highest BCUT2D eigenvalue weighted by Gasteiger charge is 2.51. The van der Waals surface area contributed by atoms with Gasteiger partial charge in [0.2, 0.25) is 35.4 Å². The van der Waals surface area contributed by atoms with Crippen molar-refractivity contribution in [2.75, 3.05) is 45.9 Å². The van der Waals surface area contributed by atoms with E-state index in [9.17, 15) is 61.8 Å². The van der Waals surface area contributed by atoms with Gasteiger partial charge in [0.05, 0.1) is 52.4 Å². The van der Waals surface area contributed by atoms with Crippen LogP contribution in [0.25, 0.3) is 20.5 Å². The van der Waals surface area contributed by atoms with Crippen LogP contribution in [0.5, 0.6) is 0 Å². The quantitative estimate of drug-likeness (QED) is 0.0201. The minimum absolute atomic E-state index is 0.0255. The molecule has 500 valence electrons. The highest BCUT2D eigenvalue weighted by molar-refractivity contribution is 7.52. The van der Waals surface area contributed by atoms with Crippen LogP contribution in [0.1, 0.15) is 157 Å². The van der Waals surface area contributed by atoms with E-state index in [4.69, 9.17) is 9.47 Å². The number of alkyl halides is 2. The number of nitrogens with zero attached hydrogens (tertiary/aromatic N) is 4. The summed E-state index contributed by atoms with van der Waals surface area (Å²) < 4.78 is 53.4. The minimum atomic E-state index is -5.86. The van der Waals surface area contributed by atoms with Crippen molar-refractivity contribution < 1.29 is 71.3 Å². The molecule has 3 saturated heterocycles. The second-order valence-electron chi connectivity index (χ2n) is 26.4. The van der Waals surface area contributed by atoms with Crippen LogP contribution in [0, 0.1) is 17.8 Å². The number of aliphatic hydroxyl groups is 1. The van der Waals surface area contributed by atoms with Crippen molar-refractivity contribution in [3.05, 3.63) is 112 Å². The van der Waals surface area contributed by atoms with Crippen LogP contribution >= 0.6 is 30.3 Å². The molecule has 7 N–H and O–H groups in total. The molecule has 8 atom stereocenters. The van der Waals surface area contributed by atoms with E-state index in [2.05, 4.69) is 26.3 Å². The molecule has 0 unspecified atom stereocenters. The Hall–Kier alpha value is -6.57. The highest BCUT2D eigenvalue weighted by Crippen LogP contribution is 2.59. The van der Waals surface area contributed by atoms with Gasteiger partial charge < -0.3 is 60.3 Å². The fourth-order valence-electron chi connectivity index (χ4n) is 11.9. The zero-order chi connectivity index (χ0) is 66.9. The molecule has 3 aromatic carbocycles. The van der Waals surface area contributed by atoms with Gasteiger partial charge >= 0.3 is 13.3 Å². The molecule has 5 heterocycles. The number of thiazole rings is 1. The van der Waals surface area contributed by atoms with Crippen molar-refractivity contribution in [1.29, 1.82) is 0 Å².